The monoisotopic (exact) mass is 272 g/mol. The SMILES string of the molecule is CCC1CCC(NC(=O)C2Cc3ccccc3N2)CC1. The van der Waals surface area contributed by atoms with E-state index in [9.17, 15) is 4.79 Å². The maximum absolute atomic E-state index is 12.4. The third-order valence-corrected chi connectivity index (χ3v) is 4.86. The van der Waals surface area contributed by atoms with E-state index in [1.54, 1.807) is 0 Å². The van der Waals surface area contributed by atoms with E-state index in [-0.39, 0.29) is 11.9 Å². The molecule has 1 unspecified atom stereocenters. The molecule has 3 rings (SSSR count). The van der Waals surface area contributed by atoms with E-state index in [4.69, 9.17) is 0 Å². The summed E-state index contributed by atoms with van der Waals surface area (Å²) in [6.45, 7) is 2.27. The minimum absolute atomic E-state index is 0.0868. The largest absolute Gasteiger partial charge is 0.373 e. The number of anilines is 1. The first-order valence-corrected chi connectivity index (χ1v) is 7.91. The average molecular weight is 272 g/mol. The lowest BCUT2D eigenvalue weighted by molar-refractivity contribution is -0.122. The van der Waals surface area contributed by atoms with Crippen molar-refractivity contribution in [2.45, 2.75) is 57.5 Å². The van der Waals surface area contributed by atoms with Gasteiger partial charge in [-0.1, -0.05) is 31.5 Å². The number of nitrogens with one attached hydrogen (secondary N) is 2. The first-order chi connectivity index (χ1) is 9.76. The van der Waals surface area contributed by atoms with Crippen molar-refractivity contribution in [2.24, 2.45) is 5.92 Å². The van der Waals surface area contributed by atoms with Gasteiger partial charge in [0.05, 0.1) is 0 Å². The van der Waals surface area contributed by atoms with Gasteiger partial charge in [-0.3, -0.25) is 4.79 Å². The molecule has 0 aromatic heterocycles. The molecule has 0 spiro atoms. The van der Waals surface area contributed by atoms with Crippen molar-refractivity contribution in [1.29, 1.82) is 0 Å². The molecular weight excluding hydrogens is 248 g/mol. The van der Waals surface area contributed by atoms with Crippen molar-refractivity contribution in [3.8, 4) is 0 Å². The highest BCUT2D eigenvalue weighted by Crippen LogP contribution is 2.28. The first kappa shape index (κ1) is 13.5. The van der Waals surface area contributed by atoms with Crippen LogP contribution in [-0.4, -0.2) is 18.0 Å². The van der Waals surface area contributed by atoms with Gasteiger partial charge in [-0.25, -0.2) is 0 Å². The average Bonchev–Trinajstić information content (AvgIpc) is 2.92. The summed E-state index contributed by atoms with van der Waals surface area (Å²) in [5.41, 5.74) is 2.37. The Kier molecular flexibility index (Phi) is 3.95. The number of fused-ring (bicyclic) bond motifs is 1. The second kappa shape index (κ2) is 5.86. The first-order valence-electron chi connectivity index (χ1n) is 7.91. The van der Waals surface area contributed by atoms with Crippen LogP contribution in [0.3, 0.4) is 0 Å². The molecule has 2 aliphatic rings. The molecule has 20 heavy (non-hydrogen) atoms. The van der Waals surface area contributed by atoms with Gasteiger partial charge >= 0.3 is 0 Å². The number of hydrogen-bond acceptors (Lipinski definition) is 2. The van der Waals surface area contributed by atoms with Crippen LogP contribution < -0.4 is 10.6 Å². The molecule has 0 bridgehead atoms. The summed E-state index contributed by atoms with van der Waals surface area (Å²) in [6, 6.07) is 8.49. The maximum atomic E-state index is 12.4. The molecule has 1 atom stereocenters. The van der Waals surface area contributed by atoms with Crippen LogP contribution in [-0.2, 0) is 11.2 Å². The number of carbonyl (C=O) groups is 1. The van der Waals surface area contributed by atoms with Crippen LogP contribution in [0, 0.1) is 5.92 Å². The quantitative estimate of drug-likeness (QED) is 0.887. The van der Waals surface area contributed by atoms with Crippen LogP contribution in [0.15, 0.2) is 24.3 Å². The Balaban J connectivity index is 1.52. The van der Waals surface area contributed by atoms with Gasteiger partial charge in [0.1, 0.15) is 6.04 Å². The smallest absolute Gasteiger partial charge is 0.243 e. The molecule has 108 valence electrons. The Morgan fingerprint density at radius 1 is 1.25 bits per heavy atom. The Labute approximate surface area is 121 Å². The minimum atomic E-state index is -0.0868. The fourth-order valence-corrected chi connectivity index (χ4v) is 3.47. The third-order valence-electron chi connectivity index (χ3n) is 4.86. The van der Waals surface area contributed by atoms with Crippen molar-refractivity contribution in [2.75, 3.05) is 5.32 Å². The summed E-state index contributed by atoms with van der Waals surface area (Å²) in [6.07, 6.45) is 6.90. The summed E-state index contributed by atoms with van der Waals surface area (Å²) >= 11 is 0. The van der Waals surface area contributed by atoms with E-state index in [0.717, 1.165) is 30.9 Å². The zero-order chi connectivity index (χ0) is 13.9. The number of hydrogen-bond donors (Lipinski definition) is 2. The van der Waals surface area contributed by atoms with Crippen LogP contribution >= 0.6 is 0 Å². The van der Waals surface area contributed by atoms with Crippen molar-refractivity contribution in [1.82, 2.24) is 5.32 Å². The van der Waals surface area contributed by atoms with E-state index < -0.39 is 0 Å². The molecule has 3 nitrogen and oxygen atoms in total. The molecule has 2 N–H and O–H groups in total. The van der Waals surface area contributed by atoms with E-state index in [2.05, 4.69) is 29.7 Å². The lowest BCUT2D eigenvalue weighted by Crippen LogP contribution is -2.45. The Bertz CT molecular complexity index is 453. The number of rotatable bonds is 3. The van der Waals surface area contributed by atoms with Gasteiger partial charge < -0.3 is 10.6 Å². The molecule has 0 saturated heterocycles. The highest BCUT2D eigenvalue weighted by atomic mass is 16.2. The van der Waals surface area contributed by atoms with Gasteiger partial charge in [-0.15, -0.1) is 0 Å². The molecule has 1 aromatic carbocycles. The number of para-hydroxylation sites is 1. The van der Waals surface area contributed by atoms with Crippen molar-refractivity contribution in [3.63, 3.8) is 0 Å². The summed E-state index contributed by atoms with van der Waals surface area (Å²) in [4.78, 5) is 12.4. The standard InChI is InChI=1S/C17H24N2O/c1-2-12-7-9-14(10-8-12)18-17(20)16-11-13-5-3-4-6-15(13)19-16/h3-6,12,14,16,19H,2,7-11H2,1H3,(H,18,20). The Morgan fingerprint density at radius 2 is 2.00 bits per heavy atom. The van der Waals surface area contributed by atoms with Crippen molar-refractivity contribution >= 4 is 11.6 Å². The molecule has 3 heteroatoms. The highest BCUT2D eigenvalue weighted by Gasteiger charge is 2.29. The summed E-state index contributed by atoms with van der Waals surface area (Å²) < 4.78 is 0. The lowest BCUT2D eigenvalue weighted by atomic mass is 9.84. The maximum Gasteiger partial charge on any atom is 0.243 e. The van der Waals surface area contributed by atoms with Crippen molar-refractivity contribution < 1.29 is 4.79 Å². The highest BCUT2D eigenvalue weighted by molar-refractivity contribution is 5.87. The Morgan fingerprint density at radius 3 is 2.70 bits per heavy atom. The van der Waals surface area contributed by atoms with Crippen LogP contribution in [0.25, 0.3) is 0 Å². The fourth-order valence-electron chi connectivity index (χ4n) is 3.47. The number of carbonyl (C=O) groups excluding carboxylic acids is 1. The van der Waals surface area contributed by atoms with Gasteiger partial charge in [-0.2, -0.15) is 0 Å². The van der Waals surface area contributed by atoms with Crippen LogP contribution in [0.4, 0.5) is 5.69 Å². The second-order valence-corrected chi connectivity index (χ2v) is 6.19. The second-order valence-electron chi connectivity index (χ2n) is 6.19. The van der Waals surface area contributed by atoms with Gasteiger partial charge in [-0.05, 0) is 43.2 Å². The zero-order valence-electron chi connectivity index (χ0n) is 12.2. The lowest BCUT2D eigenvalue weighted by Gasteiger charge is -2.29. The molecule has 1 fully saturated rings. The predicted octanol–water partition coefficient (Wildman–Crippen LogP) is 3.11. The summed E-state index contributed by atoms with van der Waals surface area (Å²) in [5.74, 6) is 1.04. The molecule has 1 amide bonds. The molecule has 1 heterocycles. The van der Waals surface area contributed by atoms with Gasteiger partial charge in [0.15, 0.2) is 0 Å². The normalized spacial score (nSPS) is 28.6. The third kappa shape index (κ3) is 2.82. The van der Waals surface area contributed by atoms with E-state index in [1.165, 1.54) is 24.8 Å². The van der Waals surface area contributed by atoms with E-state index in [0.29, 0.717) is 6.04 Å². The van der Waals surface area contributed by atoms with Gasteiger partial charge in [0.25, 0.3) is 0 Å². The molecular formula is C17H24N2O. The minimum Gasteiger partial charge on any atom is -0.373 e. The number of benzene rings is 1. The molecule has 1 aliphatic heterocycles. The zero-order valence-corrected chi connectivity index (χ0v) is 12.2. The van der Waals surface area contributed by atoms with E-state index >= 15 is 0 Å². The predicted molar refractivity (Wildman–Crippen MR) is 81.7 cm³/mol. The topological polar surface area (TPSA) is 41.1 Å². The molecule has 0 radical (unpaired) electrons. The fraction of sp³-hybridized carbons (Fsp3) is 0.588. The molecule has 1 aliphatic carbocycles. The van der Waals surface area contributed by atoms with Crippen molar-refractivity contribution in [3.05, 3.63) is 29.8 Å². The van der Waals surface area contributed by atoms with E-state index in [1.807, 2.05) is 12.1 Å². The molecule has 1 aromatic rings. The molecule has 1 saturated carbocycles. The van der Waals surface area contributed by atoms with Crippen LogP contribution in [0.5, 0.6) is 0 Å². The van der Waals surface area contributed by atoms with Crippen LogP contribution in [0.2, 0.25) is 0 Å². The summed E-state index contributed by atoms with van der Waals surface area (Å²) in [7, 11) is 0. The summed E-state index contributed by atoms with van der Waals surface area (Å²) in [5, 5.41) is 6.57. The number of amides is 1. The van der Waals surface area contributed by atoms with Gasteiger partial charge in [0.2, 0.25) is 5.91 Å². The Hall–Kier alpha value is -1.51. The van der Waals surface area contributed by atoms with Crippen LogP contribution in [0.1, 0.15) is 44.6 Å². The van der Waals surface area contributed by atoms with Gasteiger partial charge in [0, 0.05) is 18.2 Å².